The van der Waals surface area contributed by atoms with Crippen molar-refractivity contribution in [1.82, 2.24) is 4.98 Å². The lowest BCUT2D eigenvalue weighted by Gasteiger charge is -2.06. The van der Waals surface area contributed by atoms with Gasteiger partial charge in [0.25, 0.3) is 10.1 Å². The molecule has 0 saturated heterocycles. The fourth-order valence-electron chi connectivity index (χ4n) is 2.74. The van der Waals surface area contributed by atoms with Gasteiger partial charge in [-0.05, 0) is 55.7 Å². The first-order valence-corrected chi connectivity index (χ1v) is 9.63. The molecule has 0 aliphatic carbocycles. The summed E-state index contributed by atoms with van der Waals surface area (Å²) in [5, 5.41) is 0.905. The molecule has 1 heterocycles. The van der Waals surface area contributed by atoms with Crippen LogP contribution in [0, 0.1) is 6.92 Å². The lowest BCUT2D eigenvalue weighted by Crippen LogP contribution is -2.10. The first kappa shape index (κ1) is 18.2. The Labute approximate surface area is 152 Å². The number of carbonyl (C=O) groups is 1. The number of fused-ring (bicyclic) bond motifs is 1. The summed E-state index contributed by atoms with van der Waals surface area (Å²) >= 11 is 0. The van der Waals surface area contributed by atoms with Gasteiger partial charge in [0.05, 0.1) is 11.5 Å². The fourth-order valence-corrected chi connectivity index (χ4v) is 3.69. The predicted octanol–water partition coefficient (Wildman–Crippen LogP) is 2.91. The van der Waals surface area contributed by atoms with Crippen LogP contribution in [0.5, 0.6) is 0 Å². The summed E-state index contributed by atoms with van der Waals surface area (Å²) in [6.07, 6.45) is 2.99. The zero-order valence-electron chi connectivity index (χ0n) is 14.4. The van der Waals surface area contributed by atoms with Gasteiger partial charge in [-0.25, -0.2) is 0 Å². The molecule has 0 bridgehead atoms. The molecule has 7 heteroatoms. The average Bonchev–Trinajstić information content (AvgIpc) is 3.01. The number of amides is 1. The van der Waals surface area contributed by atoms with Crippen LogP contribution in [0.2, 0.25) is 0 Å². The van der Waals surface area contributed by atoms with E-state index < -0.39 is 16.0 Å². The summed E-state index contributed by atoms with van der Waals surface area (Å²) in [6, 6.07) is 11.8. The normalized spacial score (nSPS) is 11.7. The highest BCUT2D eigenvalue weighted by atomic mass is 32.2. The van der Waals surface area contributed by atoms with Crippen LogP contribution in [0.25, 0.3) is 10.9 Å². The highest BCUT2D eigenvalue weighted by Crippen LogP contribution is 2.21. The van der Waals surface area contributed by atoms with Crippen molar-refractivity contribution in [2.45, 2.75) is 24.7 Å². The Kier molecular flexibility index (Phi) is 5.11. The molecule has 0 spiro atoms. The van der Waals surface area contributed by atoms with E-state index in [1.54, 1.807) is 30.3 Å². The molecule has 3 N–H and O–H groups in total. The molecule has 0 radical (unpaired) electrons. The molecular formula is C19H20N2O4S. The van der Waals surface area contributed by atoms with Crippen LogP contribution in [-0.2, 0) is 20.7 Å². The van der Waals surface area contributed by atoms with E-state index in [9.17, 15) is 13.2 Å². The molecule has 0 saturated carbocycles. The topological polar surface area (TPSA) is 102 Å². The Morgan fingerprint density at radius 1 is 1.15 bits per heavy atom. The number of benzene rings is 2. The van der Waals surface area contributed by atoms with Gasteiger partial charge in [-0.1, -0.05) is 17.7 Å². The molecule has 136 valence electrons. The monoisotopic (exact) mass is 372 g/mol. The van der Waals surface area contributed by atoms with Gasteiger partial charge in [0.15, 0.2) is 0 Å². The van der Waals surface area contributed by atoms with E-state index in [4.69, 9.17) is 9.92 Å². The van der Waals surface area contributed by atoms with Gasteiger partial charge in [0.1, 0.15) is 0 Å². The molecule has 6 nitrogen and oxygen atoms in total. The smallest absolute Gasteiger partial charge is 0.296 e. The maximum absolute atomic E-state index is 12.2. The highest BCUT2D eigenvalue weighted by molar-refractivity contribution is 7.86. The van der Waals surface area contributed by atoms with Crippen molar-refractivity contribution in [1.29, 1.82) is 0 Å². The second kappa shape index (κ2) is 7.31. The van der Waals surface area contributed by atoms with E-state index in [2.05, 4.69) is 4.98 Å². The zero-order chi connectivity index (χ0) is 18.7. The SMILES string of the molecule is Cc1ccc(S(=O)(=O)OCCCc2c[nH]c3ccc(C(N)=O)cc23)cc1. The van der Waals surface area contributed by atoms with Crippen molar-refractivity contribution in [2.24, 2.45) is 5.73 Å². The maximum Gasteiger partial charge on any atom is 0.296 e. The summed E-state index contributed by atoms with van der Waals surface area (Å²) in [7, 11) is -3.75. The molecule has 0 atom stereocenters. The van der Waals surface area contributed by atoms with E-state index in [0.29, 0.717) is 18.4 Å². The van der Waals surface area contributed by atoms with E-state index in [1.807, 2.05) is 13.1 Å². The molecule has 0 unspecified atom stereocenters. The summed E-state index contributed by atoms with van der Waals surface area (Å²) < 4.78 is 29.4. The number of nitrogens with two attached hydrogens (primary N) is 1. The van der Waals surface area contributed by atoms with Crippen molar-refractivity contribution in [2.75, 3.05) is 6.61 Å². The number of aromatic amines is 1. The summed E-state index contributed by atoms with van der Waals surface area (Å²) in [5.41, 5.74) is 8.63. The van der Waals surface area contributed by atoms with Gasteiger partial charge in [-0.3, -0.25) is 8.98 Å². The number of aryl methyl sites for hydroxylation is 2. The zero-order valence-corrected chi connectivity index (χ0v) is 15.2. The van der Waals surface area contributed by atoms with Crippen molar-refractivity contribution >= 4 is 26.9 Å². The number of hydrogen-bond donors (Lipinski definition) is 2. The van der Waals surface area contributed by atoms with Crippen LogP contribution in [0.3, 0.4) is 0 Å². The van der Waals surface area contributed by atoms with E-state index in [1.165, 1.54) is 12.1 Å². The van der Waals surface area contributed by atoms with Crippen molar-refractivity contribution in [3.05, 3.63) is 65.4 Å². The lowest BCUT2D eigenvalue weighted by atomic mass is 10.1. The first-order valence-electron chi connectivity index (χ1n) is 8.23. The molecule has 0 fully saturated rings. The van der Waals surface area contributed by atoms with Crippen molar-refractivity contribution in [3.8, 4) is 0 Å². The largest absolute Gasteiger partial charge is 0.366 e. The summed E-state index contributed by atoms with van der Waals surface area (Å²) in [5.74, 6) is -0.480. The third kappa shape index (κ3) is 3.95. The van der Waals surface area contributed by atoms with Gasteiger partial charge in [-0.15, -0.1) is 0 Å². The minimum atomic E-state index is -3.75. The van der Waals surface area contributed by atoms with Crippen LogP contribution in [-0.4, -0.2) is 25.9 Å². The fraction of sp³-hybridized carbons (Fsp3) is 0.211. The molecule has 2 aromatic carbocycles. The quantitative estimate of drug-likeness (QED) is 0.492. The van der Waals surface area contributed by atoms with Crippen LogP contribution in [0.15, 0.2) is 53.6 Å². The Balaban J connectivity index is 1.63. The Morgan fingerprint density at radius 3 is 2.58 bits per heavy atom. The minimum absolute atomic E-state index is 0.0817. The highest BCUT2D eigenvalue weighted by Gasteiger charge is 2.15. The van der Waals surface area contributed by atoms with Gasteiger partial charge in [0, 0.05) is 22.7 Å². The molecule has 1 aromatic heterocycles. The number of rotatable bonds is 7. The maximum atomic E-state index is 12.2. The van der Waals surface area contributed by atoms with Crippen LogP contribution in [0.4, 0.5) is 0 Å². The van der Waals surface area contributed by atoms with Crippen molar-refractivity contribution < 1.29 is 17.4 Å². The van der Waals surface area contributed by atoms with Gasteiger partial charge >= 0.3 is 0 Å². The third-order valence-corrected chi connectivity index (χ3v) is 5.52. The number of hydrogen-bond acceptors (Lipinski definition) is 4. The number of nitrogens with one attached hydrogen (secondary N) is 1. The first-order chi connectivity index (χ1) is 12.4. The minimum Gasteiger partial charge on any atom is -0.366 e. The predicted molar refractivity (Wildman–Crippen MR) is 99.5 cm³/mol. The second-order valence-corrected chi connectivity index (χ2v) is 7.75. The summed E-state index contributed by atoms with van der Waals surface area (Å²) in [4.78, 5) is 14.6. The molecular weight excluding hydrogens is 352 g/mol. The molecule has 3 rings (SSSR count). The molecule has 26 heavy (non-hydrogen) atoms. The van der Waals surface area contributed by atoms with Gasteiger partial charge in [0.2, 0.25) is 5.91 Å². The number of H-pyrrole nitrogens is 1. The Bertz CT molecular complexity index is 1040. The summed E-state index contributed by atoms with van der Waals surface area (Å²) in [6.45, 7) is 1.97. The number of aromatic nitrogens is 1. The van der Waals surface area contributed by atoms with E-state index in [-0.39, 0.29) is 11.5 Å². The van der Waals surface area contributed by atoms with Crippen molar-refractivity contribution in [3.63, 3.8) is 0 Å². The van der Waals surface area contributed by atoms with Crippen LogP contribution < -0.4 is 5.73 Å². The number of carbonyl (C=O) groups excluding carboxylic acids is 1. The lowest BCUT2D eigenvalue weighted by molar-refractivity contribution is 0.100. The molecule has 3 aromatic rings. The standard InChI is InChI=1S/C19H20N2O4S/c1-13-4-7-16(8-5-13)26(23,24)25-10-2-3-15-12-21-18-9-6-14(19(20)22)11-17(15)18/h4-9,11-12,21H,2-3,10H2,1H3,(H2,20,22). The molecule has 0 aliphatic rings. The van der Waals surface area contributed by atoms with Crippen LogP contribution in [0.1, 0.15) is 27.9 Å². The Morgan fingerprint density at radius 2 is 1.88 bits per heavy atom. The van der Waals surface area contributed by atoms with Gasteiger partial charge in [-0.2, -0.15) is 8.42 Å². The van der Waals surface area contributed by atoms with E-state index in [0.717, 1.165) is 22.0 Å². The van der Waals surface area contributed by atoms with Gasteiger partial charge < -0.3 is 10.7 Å². The third-order valence-electron chi connectivity index (χ3n) is 4.19. The Hall–Kier alpha value is -2.64. The number of primary amides is 1. The molecule has 1 amide bonds. The van der Waals surface area contributed by atoms with E-state index >= 15 is 0 Å². The van der Waals surface area contributed by atoms with Crippen LogP contribution >= 0.6 is 0 Å². The average molecular weight is 372 g/mol. The molecule has 0 aliphatic heterocycles. The second-order valence-electron chi connectivity index (χ2n) is 6.13.